The number of carbonyl (C=O) groups excluding carboxylic acids is 1. The van der Waals surface area contributed by atoms with Gasteiger partial charge >= 0.3 is 0 Å². The van der Waals surface area contributed by atoms with E-state index in [1.54, 1.807) is 17.0 Å². The van der Waals surface area contributed by atoms with E-state index in [0.717, 1.165) is 6.42 Å². The molecule has 0 radical (unpaired) electrons. The zero-order chi connectivity index (χ0) is 17.7. The largest absolute Gasteiger partial charge is 0.490 e. The Balaban J connectivity index is 2.27. The molecule has 0 spiro atoms. The predicted octanol–water partition coefficient (Wildman–Crippen LogP) is 3.78. The summed E-state index contributed by atoms with van der Waals surface area (Å²) in [6.07, 6.45) is 0.907. The van der Waals surface area contributed by atoms with Crippen molar-refractivity contribution in [2.24, 2.45) is 0 Å². The Kier molecular flexibility index (Phi) is 6.75. The number of halogens is 1. The molecule has 6 heteroatoms. The van der Waals surface area contributed by atoms with Gasteiger partial charge in [-0.2, -0.15) is 0 Å². The van der Waals surface area contributed by atoms with Gasteiger partial charge in [0, 0.05) is 18.7 Å². The topological polar surface area (TPSA) is 48.0 Å². The van der Waals surface area contributed by atoms with Crippen molar-refractivity contribution in [1.29, 1.82) is 0 Å². The van der Waals surface area contributed by atoms with Crippen LogP contribution in [0.5, 0.6) is 11.5 Å². The van der Waals surface area contributed by atoms with Crippen molar-refractivity contribution in [2.45, 2.75) is 46.3 Å². The Hall–Kier alpha value is -1.46. The number of hydrogen-bond donors (Lipinski definition) is 0. The molecular weight excluding hydrogens is 330 g/mol. The number of morpholine rings is 1. The van der Waals surface area contributed by atoms with Crippen LogP contribution < -0.4 is 9.47 Å². The van der Waals surface area contributed by atoms with Crippen LogP contribution in [0.15, 0.2) is 12.1 Å². The minimum Gasteiger partial charge on any atom is -0.490 e. The summed E-state index contributed by atoms with van der Waals surface area (Å²) in [6, 6.07) is 3.37. The first kappa shape index (κ1) is 18.9. The van der Waals surface area contributed by atoms with E-state index in [-0.39, 0.29) is 18.1 Å². The highest BCUT2D eigenvalue weighted by Crippen LogP contribution is 2.37. The maximum atomic E-state index is 12.8. The Morgan fingerprint density at radius 2 is 1.92 bits per heavy atom. The first-order chi connectivity index (χ1) is 11.5. The fourth-order valence-electron chi connectivity index (χ4n) is 2.82. The van der Waals surface area contributed by atoms with Crippen LogP contribution in [-0.4, -0.2) is 49.3 Å². The molecule has 1 aromatic carbocycles. The van der Waals surface area contributed by atoms with E-state index in [2.05, 4.69) is 0 Å². The molecule has 1 heterocycles. The molecule has 1 saturated heterocycles. The molecule has 0 N–H and O–H groups in total. The second-order valence-corrected chi connectivity index (χ2v) is 6.44. The number of hydrogen-bond acceptors (Lipinski definition) is 4. The molecule has 2 atom stereocenters. The summed E-state index contributed by atoms with van der Waals surface area (Å²) in [5.41, 5.74) is 0.508. The van der Waals surface area contributed by atoms with Gasteiger partial charge in [-0.05, 0) is 39.3 Å². The number of nitrogens with zero attached hydrogens (tertiary/aromatic N) is 1. The summed E-state index contributed by atoms with van der Waals surface area (Å²) < 4.78 is 17.0. The molecule has 0 aromatic heterocycles. The molecule has 0 saturated carbocycles. The number of amides is 1. The molecule has 0 unspecified atom stereocenters. The Morgan fingerprint density at radius 1 is 1.25 bits per heavy atom. The number of benzene rings is 1. The van der Waals surface area contributed by atoms with Crippen LogP contribution in [0.2, 0.25) is 5.02 Å². The summed E-state index contributed by atoms with van der Waals surface area (Å²) in [6.45, 7) is 10.0. The van der Waals surface area contributed by atoms with Crippen LogP contribution >= 0.6 is 11.6 Å². The van der Waals surface area contributed by atoms with Crippen LogP contribution in [0.3, 0.4) is 0 Å². The minimum atomic E-state index is -0.0677. The quantitative estimate of drug-likeness (QED) is 0.779. The molecular formula is C18H26ClNO4. The Labute approximate surface area is 148 Å². The highest BCUT2D eigenvalue weighted by molar-refractivity contribution is 6.32. The van der Waals surface area contributed by atoms with Gasteiger partial charge in [-0.1, -0.05) is 18.5 Å². The Bertz CT molecular complexity index is 568. The van der Waals surface area contributed by atoms with E-state index < -0.39 is 0 Å². The first-order valence-electron chi connectivity index (χ1n) is 8.50. The lowest BCUT2D eigenvalue weighted by atomic mass is 10.1. The summed E-state index contributed by atoms with van der Waals surface area (Å²) in [4.78, 5) is 14.6. The lowest BCUT2D eigenvalue weighted by Gasteiger charge is -2.35. The van der Waals surface area contributed by atoms with Crippen molar-refractivity contribution in [3.05, 3.63) is 22.7 Å². The van der Waals surface area contributed by atoms with Crippen LogP contribution in [0.1, 0.15) is 44.5 Å². The molecule has 2 rings (SSSR count). The van der Waals surface area contributed by atoms with Crippen molar-refractivity contribution in [3.8, 4) is 11.5 Å². The molecule has 24 heavy (non-hydrogen) atoms. The van der Waals surface area contributed by atoms with Gasteiger partial charge in [0.15, 0.2) is 11.5 Å². The maximum absolute atomic E-state index is 12.8. The number of carbonyl (C=O) groups is 1. The minimum absolute atomic E-state index is 0.0201. The van der Waals surface area contributed by atoms with Crippen molar-refractivity contribution in [2.75, 3.05) is 26.3 Å². The molecule has 1 amide bonds. The standard InChI is InChI=1S/C18H26ClNO4/c1-5-7-23-17-15(19)8-14(9-16(17)22-6-2)18(21)20-10-12(3)24-13(4)11-20/h8-9,12-13H,5-7,10-11H2,1-4H3/t12-,13-/m1/s1. The fourth-order valence-corrected chi connectivity index (χ4v) is 3.09. The van der Waals surface area contributed by atoms with Crippen molar-refractivity contribution < 1.29 is 19.0 Å². The second-order valence-electron chi connectivity index (χ2n) is 6.03. The van der Waals surface area contributed by atoms with Crippen LogP contribution in [0, 0.1) is 0 Å². The van der Waals surface area contributed by atoms with Crippen molar-refractivity contribution in [3.63, 3.8) is 0 Å². The van der Waals surface area contributed by atoms with Gasteiger partial charge < -0.3 is 19.1 Å². The highest BCUT2D eigenvalue weighted by Gasteiger charge is 2.27. The zero-order valence-corrected chi connectivity index (χ0v) is 15.6. The average molecular weight is 356 g/mol. The van der Waals surface area contributed by atoms with Gasteiger partial charge in [0.1, 0.15) is 0 Å². The summed E-state index contributed by atoms with van der Waals surface area (Å²) >= 11 is 6.35. The van der Waals surface area contributed by atoms with Gasteiger partial charge in [-0.3, -0.25) is 4.79 Å². The molecule has 134 valence electrons. The van der Waals surface area contributed by atoms with E-state index in [1.165, 1.54) is 0 Å². The van der Waals surface area contributed by atoms with Gasteiger partial charge in [0.25, 0.3) is 5.91 Å². The van der Waals surface area contributed by atoms with E-state index in [4.69, 9.17) is 25.8 Å². The summed E-state index contributed by atoms with van der Waals surface area (Å²) in [5, 5.41) is 0.395. The van der Waals surface area contributed by atoms with Gasteiger partial charge in [0.05, 0.1) is 30.4 Å². The highest BCUT2D eigenvalue weighted by atomic mass is 35.5. The number of rotatable bonds is 6. The van der Waals surface area contributed by atoms with Gasteiger partial charge in [-0.15, -0.1) is 0 Å². The molecule has 5 nitrogen and oxygen atoms in total. The molecule has 1 fully saturated rings. The van der Waals surface area contributed by atoms with Crippen LogP contribution in [0.25, 0.3) is 0 Å². The normalized spacial score (nSPS) is 20.8. The number of ether oxygens (including phenoxy) is 3. The van der Waals surface area contributed by atoms with E-state index in [1.807, 2.05) is 27.7 Å². The smallest absolute Gasteiger partial charge is 0.254 e. The molecule has 1 aliphatic rings. The third-order valence-corrected chi connectivity index (χ3v) is 3.99. The third kappa shape index (κ3) is 4.54. The lowest BCUT2D eigenvalue weighted by Crippen LogP contribution is -2.48. The van der Waals surface area contributed by atoms with E-state index in [0.29, 0.717) is 48.4 Å². The maximum Gasteiger partial charge on any atom is 0.254 e. The van der Waals surface area contributed by atoms with Gasteiger partial charge in [-0.25, -0.2) is 0 Å². The van der Waals surface area contributed by atoms with E-state index >= 15 is 0 Å². The van der Waals surface area contributed by atoms with Gasteiger partial charge in [0.2, 0.25) is 0 Å². The van der Waals surface area contributed by atoms with Crippen LogP contribution in [0.4, 0.5) is 0 Å². The first-order valence-corrected chi connectivity index (χ1v) is 8.87. The average Bonchev–Trinajstić information content (AvgIpc) is 2.52. The molecule has 0 bridgehead atoms. The zero-order valence-electron chi connectivity index (χ0n) is 14.8. The second kappa shape index (κ2) is 8.58. The Morgan fingerprint density at radius 3 is 2.50 bits per heavy atom. The molecule has 0 aliphatic carbocycles. The lowest BCUT2D eigenvalue weighted by molar-refractivity contribution is -0.0586. The predicted molar refractivity (Wildman–Crippen MR) is 94.3 cm³/mol. The SMILES string of the molecule is CCCOc1c(Cl)cc(C(=O)N2C[C@@H](C)O[C@H](C)C2)cc1OCC. The molecule has 1 aliphatic heterocycles. The summed E-state index contributed by atoms with van der Waals surface area (Å²) in [5.74, 6) is 0.943. The summed E-state index contributed by atoms with van der Waals surface area (Å²) in [7, 11) is 0. The van der Waals surface area contributed by atoms with E-state index in [9.17, 15) is 4.79 Å². The van der Waals surface area contributed by atoms with Crippen molar-refractivity contribution in [1.82, 2.24) is 4.90 Å². The monoisotopic (exact) mass is 355 g/mol. The van der Waals surface area contributed by atoms with Crippen LogP contribution in [-0.2, 0) is 4.74 Å². The fraction of sp³-hybridized carbons (Fsp3) is 0.611. The van der Waals surface area contributed by atoms with Crippen molar-refractivity contribution >= 4 is 17.5 Å². The third-order valence-electron chi connectivity index (χ3n) is 3.71. The molecule has 1 aromatic rings.